The second-order valence-electron chi connectivity index (χ2n) is 6.35. The molecule has 3 aromatic rings. The number of benzene rings is 3. The van der Waals surface area contributed by atoms with Crippen molar-refractivity contribution in [1.29, 1.82) is 0 Å². The van der Waals surface area contributed by atoms with Gasteiger partial charge in [0.1, 0.15) is 17.3 Å². The van der Waals surface area contributed by atoms with Gasteiger partial charge in [-0.3, -0.25) is 9.59 Å². The maximum absolute atomic E-state index is 13.0. The standard InChI is InChI=1S/C23H20FN3O4/c1-30-18-11-16(12-19(13-18)31-2)22(28)26-21-6-4-3-5-20(21)23(29)27-25-14-15-7-9-17(24)10-8-15/h3-14H,1-2H3,(H,26,28)(H,27,29). The average molecular weight is 421 g/mol. The molecule has 0 saturated carbocycles. The molecule has 0 bridgehead atoms. The lowest BCUT2D eigenvalue weighted by atomic mass is 10.1. The first-order chi connectivity index (χ1) is 15.0. The highest BCUT2D eigenvalue weighted by Gasteiger charge is 2.15. The van der Waals surface area contributed by atoms with E-state index in [1.54, 1.807) is 42.5 Å². The summed E-state index contributed by atoms with van der Waals surface area (Å²) < 4.78 is 23.3. The van der Waals surface area contributed by atoms with Crippen LogP contribution in [0, 0.1) is 5.82 Å². The number of hydrogen-bond donors (Lipinski definition) is 2. The molecule has 8 heteroatoms. The number of rotatable bonds is 7. The lowest BCUT2D eigenvalue weighted by Crippen LogP contribution is -2.21. The number of hydrazone groups is 1. The minimum atomic E-state index is -0.516. The number of nitrogens with zero attached hydrogens (tertiary/aromatic N) is 1. The molecule has 7 nitrogen and oxygen atoms in total. The summed E-state index contributed by atoms with van der Waals surface area (Å²) in [5.74, 6) is -0.388. The van der Waals surface area contributed by atoms with Gasteiger partial charge in [-0.1, -0.05) is 24.3 Å². The molecule has 158 valence electrons. The predicted molar refractivity (Wildman–Crippen MR) is 115 cm³/mol. The second kappa shape index (κ2) is 10.0. The van der Waals surface area contributed by atoms with E-state index in [0.717, 1.165) is 0 Å². The zero-order valence-electron chi connectivity index (χ0n) is 16.9. The van der Waals surface area contributed by atoms with E-state index in [4.69, 9.17) is 9.47 Å². The van der Waals surface area contributed by atoms with Gasteiger partial charge in [0.05, 0.1) is 31.7 Å². The van der Waals surface area contributed by atoms with Crippen LogP contribution in [0.15, 0.2) is 71.8 Å². The van der Waals surface area contributed by atoms with Crippen LogP contribution in [0.4, 0.5) is 10.1 Å². The Balaban J connectivity index is 1.74. The van der Waals surface area contributed by atoms with Crippen molar-refractivity contribution in [2.75, 3.05) is 19.5 Å². The molecular formula is C23H20FN3O4. The molecule has 0 aliphatic carbocycles. The zero-order chi connectivity index (χ0) is 22.2. The number of para-hydroxylation sites is 1. The highest BCUT2D eigenvalue weighted by atomic mass is 19.1. The van der Waals surface area contributed by atoms with Crippen LogP contribution in [-0.4, -0.2) is 32.2 Å². The molecule has 2 N–H and O–H groups in total. The van der Waals surface area contributed by atoms with Gasteiger partial charge in [0.15, 0.2) is 0 Å². The minimum absolute atomic E-state index is 0.224. The van der Waals surface area contributed by atoms with E-state index >= 15 is 0 Å². The van der Waals surface area contributed by atoms with Crippen LogP contribution in [0.1, 0.15) is 26.3 Å². The van der Waals surface area contributed by atoms with Crippen molar-refractivity contribution >= 4 is 23.7 Å². The monoisotopic (exact) mass is 421 g/mol. The van der Waals surface area contributed by atoms with Crippen molar-refractivity contribution in [3.8, 4) is 11.5 Å². The smallest absolute Gasteiger partial charge is 0.273 e. The van der Waals surface area contributed by atoms with Crippen LogP contribution in [-0.2, 0) is 0 Å². The number of carbonyl (C=O) groups is 2. The predicted octanol–water partition coefficient (Wildman–Crippen LogP) is 3.86. The molecule has 0 aromatic heterocycles. The molecule has 0 heterocycles. The third kappa shape index (κ3) is 5.66. The van der Waals surface area contributed by atoms with Gasteiger partial charge < -0.3 is 14.8 Å². The van der Waals surface area contributed by atoms with Gasteiger partial charge in [-0.15, -0.1) is 0 Å². The topological polar surface area (TPSA) is 89.0 Å². The van der Waals surface area contributed by atoms with Gasteiger partial charge in [0, 0.05) is 11.6 Å². The molecule has 3 aromatic carbocycles. The Bertz CT molecular complexity index is 1090. The summed E-state index contributed by atoms with van der Waals surface area (Å²) in [7, 11) is 2.98. The molecule has 0 atom stereocenters. The number of anilines is 1. The molecule has 3 rings (SSSR count). The SMILES string of the molecule is COc1cc(OC)cc(C(=O)Nc2ccccc2C(=O)NN=Cc2ccc(F)cc2)c1. The molecule has 31 heavy (non-hydrogen) atoms. The normalized spacial score (nSPS) is 10.5. The van der Waals surface area contributed by atoms with Crippen molar-refractivity contribution in [2.24, 2.45) is 5.10 Å². The van der Waals surface area contributed by atoms with Crippen molar-refractivity contribution in [3.63, 3.8) is 0 Å². The molecule has 2 amide bonds. The number of carbonyl (C=O) groups excluding carboxylic acids is 2. The summed E-state index contributed by atoms with van der Waals surface area (Å²) in [4.78, 5) is 25.3. The molecule has 0 aliphatic rings. The molecule has 0 unspecified atom stereocenters. The van der Waals surface area contributed by atoms with Crippen molar-refractivity contribution in [2.45, 2.75) is 0 Å². The summed E-state index contributed by atoms with van der Waals surface area (Å²) in [6.07, 6.45) is 1.39. The average Bonchev–Trinajstić information content (AvgIpc) is 2.80. The largest absolute Gasteiger partial charge is 0.497 e. The molecule has 0 radical (unpaired) electrons. The van der Waals surface area contributed by atoms with Crippen LogP contribution in [0.3, 0.4) is 0 Å². The highest BCUT2D eigenvalue weighted by Crippen LogP contribution is 2.24. The van der Waals surface area contributed by atoms with Crippen molar-refractivity contribution in [3.05, 3.63) is 89.2 Å². The van der Waals surface area contributed by atoms with Gasteiger partial charge in [0.2, 0.25) is 0 Å². The maximum Gasteiger partial charge on any atom is 0.273 e. The fraction of sp³-hybridized carbons (Fsp3) is 0.0870. The van der Waals surface area contributed by atoms with E-state index in [9.17, 15) is 14.0 Å². The Morgan fingerprint density at radius 1 is 0.903 bits per heavy atom. The van der Waals surface area contributed by atoms with Crippen LogP contribution in [0.2, 0.25) is 0 Å². The van der Waals surface area contributed by atoms with Crippen LogP contribution < -0.4 is 20.2 Å². The van der Waals surface area contributed by atoms with E-state index in [-0.39, 0.29) is 11.4 Å². The number of hydrogen-bond acceptors (Lipinski definition) is 5. The Hall–Kier alpha value is -4.20. The van der Waals surface area contributed by atoms with Gasteiger partial charge in [-0.05, 0) is 42.0 Å². The summed E-state index contributed by atoms with van der Waals surface area (Å²) >= 11 is 0. The summed E-state index contributed by atoms with van der Waals surface area (Å²) in [5.41, 5.74) is 3.86. The van der Waals surface area contributed by atoms with Gasteiger partial charge in [0.25, 0.3) is 11.8 Å². The van der Waals surface area contributed by atoms with E-state index < -0.39 is 11.8 Å². The molecule has 0 spiro atoms. The summed E-state index contributed by atoms with van der Waals surface area (Å²) in [6, 6.07) is 17.0. The van der Waals surface area contributed by atoms with Crippen molar-refractivity contribution in [1.82, 2.24) is 5.43 Å². The van der Waals surface area contributed by atoms with E-state index in [1.807, 2.05) is 0 Å². The summed E-state index contributed by atoms with van der Waals surface area (Å²) in [5, 5.41) is 6.60. The highest BCUT2D eigenvalue weighted by molar-refractivity contribution is 6.09. The first-order valence-corrected chi connectivity index (χ1v) is 9.22. The Labute approximate surface area is 178 Å². The molecule has 0 fully saturated rings. The fourth-order valence-corrected chi connectivity index (χ4v) is 2.70. The van der Waals surface area contributed by atoms with Crippen LogP contribution >= 0.6 is 0 Å². The number of methoxy groups -OCH3 is 2. The minimum Gasteiger partial charge on any atom is -0.497 e. The van der Waals surface area contributed by atoms with Gasteiger partial charge in [-0.2, -0.15) is 5.10 Å². The lowest BCUT2D eigenvalue weighted by Gasteiger charge is -2.12. The Morgan fingerprint density at radius 3 is 2.19 bits per heavy atom. The number of ether oxygens (including phenoxy) is 2. The summed E-state index contributed by atoms with van der Waals surface area (Å²) in [6.45, 7) is 0. The van der Waals surface area contributed by atoms with Crippen LogP contribution in [0.5, 0.6) is 11.5 Å². The first kappa shape index (κ1) is 21.5. The van der Waals surface area contributed by atoms with Gasteiger partial charge >= 0.3 is 0 Å². The molecular weight excluding hydrogens is 401 g/mol. The molecule has 0 saturated heterocycles. The lowest BCUT2D eigenvalue weighted by molar-refractivity contribution is 0.0956. The Morgan fingerprint density at radius 2 is 1.55 bits per heavy atom. The fourth-order valence-electron chi connectivity index (χ4n) is 2.70. The number of amides is 2. The quantitative estimate of drug-likeness (QED) is 0.448. The number of halogens is 1. The first-order valence-electron chi connectivity index (χ1n) is 9.22. The van der Waals surface area contributed by atoms with Crippen molar-refractivity contribution < 1.29 is 23.5 Å². The number of nitrogens with one attached hydrogen (secondary N) is 2. The van der Waals surface area contributed by atoms with E-state index in [0.29, 0.717) is 28.3 Å². The maximum atomic E-state index is 13.0. The Kier molecular flexibility index (Phi) is 6.95. The van der Waals surface area contributed by atoms with E-state index in [1.165, 1.54) is 44.7 Å². The zero-order valence-corrected chi connectivity index (χ0v) is 16.9. The molecule has 0 aliphatic heterocycles. The van der Waals surface area contributed by atoms with E-state index in [2.05, 4.69) is 15.8 Å². The third-order valence-electron chi connectivity index (χ3n) is 4.28. The third-order valence-corrected chi connectivity index (χ3v) is 4.28. The van der Waals surface area contributed by atoms with Crippen LogP contribution in [0.25, 0.3) is 0 Å². The second-order valence-corrected chi connectivity index (χ2v) is 6.35. The van der Waals surface area contributed by atoms with Gasteiger partial charge in [-0.25, -0.2) is 9.82 Å².